The van der Waals surface area contributed by atoms with Gasteiger partial charge in [-0.3, -0.25) is 0 Å². The first-order valence-corrected chi connectivity index (χ1v) is 19.7. The van der Waals surface area contributed by atoms with Crippen molar-refractivity contribution in [2.45, 2.75) is 0 Å². The van der Waals surface area contributed by atoms with E-state index in [2.05, 4.69) is 146 Å². The molecule has 0 atom stereocenters. The molecule has 59 heavy (non-hydrogen) atoms. The number of hydrogen-bond donors (Lipinski definition) is 0. The molecule has 2 aromatic heterocycles. The second-order valence-corrected chi connectivity index (χ2v) is 14.5. The van der Waals surface area contributed by atoms with Gasteiger partial charge in [-0.2, -0.15) is 0 Å². The molecule has 0 radical (unpaired) electrons. The first-order chi connectivity index (χ1) is 29.3. The van der Waals surface area contributed by atoms with E-state index in [1.54, 1.807) is 0 Å². The maximum atomic E-state index is 6.61. The number of aromatic nitrogens is 4. The Bertz CT molecular complexity index is 3320. The fourth-order valence-electron chi connectivity index (χ4n) is 8.25. The highest BCUT2D eigenvalue weighted by molar-refractivity contribution is 6.12. The molecular weight excluding hydrogens is 721 g/mol. The molecule has 11 rings (SSSR count). The number of hydrogen-bond acceptors (Lipinski definition) is 5. The zero-order valence-electron chi connectivity index (χ0n) is 31.8. The van der Waals surface area contributed by atoms with Crippen LogP contribution in [0.2, 0.25) is 0 Å². The van der Waals surface area contributed by atoms with Crippen LogP contribution in [-0.4, -0.2) is 19.9 Å². The summed E-state index contributed by atoms with van der Waals surface area (Å²) in [4.78, 5) is 21.0. The van der Waals surface area contributed by atoms with Gasteiger partial charge in [-0.15, -0.1) is 0 Å². The van der Waals surface area contributed by atoms with E-state index in [1.165, 1.54) is 0 Å². The Morgan fingerprint density at radius 3 is 1.42 bits per heavy atom. The Hall–Kier alpha value is -8.02. The summed E-state index contributed by atoms with van der Waals surface area (Å²) in [5.41, 5.74) is 11.6. The van der Waals surface area contributed by atoms with Crippen molar-refractivity contribution in [3.05, 3.63) is 206 Å². The summed E-state index contributed by atoms with van der Waals surface area (Å²) >= 11 is 0. The Morgan fingerprint density at radius 1 is 0.288 bits per heavy atom. The Balaban J connectivity index is 1.16. The molecule has 9 aromatic carbocycles. The van der Waals surface area contributed by atoms with Crippen molar-refractivity contribution in [1.82, 2.24) is 19.9 Å². The van der Waals surface area contributed by atoms with Crippen molar-refractivity contribution in [3.8, 4) is 79.0 Å². The van der Waals surface area contributed by atoms with E-state index < -0.39 is 0 Å². The van der Waals surface area contributed by atoms with E-state index in [9.17, 15) is 0 Å². The number of fused-ring (bicyclic) bond motifs is 4. The lowest BCUT2D eigenvalue weighted by Gasteiger charge is -2.16. The van der Waals surface area contributed by atoms with Gasteiger partial charge in [-0.05, 0) is 73.8 Å². The van der Waals surface area contributed by atoms with Crippen LogP contribution >= 0.6 is 0 Å². The van der Waals surface area contributed by atoms with Crippen molar-refractivity contribution in [2.75, 3.05) is 0 Å². The molecule has 0 unspecified atom stereocenters. The minimum absolute atomic E-state index is 0.575. The molecule has 0 amide bonds. The van der Waals surface area contributed by atoms with E-state index in [-0.39, 0.29) is 0 Å². The van der Waals surface area contributed by atoms with Crippen molar-refractivity contribution >= 4 is 32.6 Å². The van der Waals surface area contributed by atoms with E-state index >= 15 is 0 Å². The molecule has 5 heteroatoms. The van der Waals surface area contributed by atoms with Gasteiger partial charge in [0.05, 0.1) is 0 Å². The largest absolute Gasteiger partial charge is 0.435 e. The van der Waals surface area contributed by atoms with E-state index in [0.29, 0.717) is 23.4 Å². The molecule has 0 bridgehead atoms. The molecule has 11 aromatic rings. The highest BCUT2D eigenvalue weighted by Gasteiger charge is 2.21. The van der Waals surface area contributed by atoms with Crippen LogP contribution in [0.15, 0.2) is 211 Å². The fraction of sp³-hybridized carbons (Fsp3) is 0. The van der Waals surface area contributed by atoms with E-state index in [4.69, 9.17) is 24.4 Å². The Morgan fingerprint density at radius 2 is 0.763 bits per heavy atom. The fourth-order valence-corrected chi connectivity index (χ4v) is 8.25. The number of nitrogens with zero attached hydrogens (tertiary/aromatic N) is 4. The molecular formula is C54H34N4O. The third kappa shape index (κ3) is 6.13. The lowest BCUT2D eigenvalue weighted by atomic mass is 9.93. The van der Waals surface area contributed by atoms with Crippen molar-refractivity contribution in [1.29, 1.82) is 0 Å². The maximum Gasteiger partial charge on any atom is 0.227 e. The lowest BCUT2D eigenvalue weighted by Crippen LogP contribution is -2.02. The van der Waals surface area contributed by atoms with E-state index in [0.717, 1.165) is 88.3 Å². The number of oxazole rings is 1. The zero-order valence-corrected chi connectivity index (χ0v) is 31.8. The molecule has 0 aliphatic rings. The summed E-state index contributed by atoms with van der Waals surface area (Å²) in [5, 5.41) is 4.24. The standard InChI is InChI=1S/C54H34N4O/c1-4-17-35(18-5-1)39-24-10-14-28-45(39)51-56-52(58-53(57-51)47-33-32-40(36-19-6-2-7-20-36)41-25-11-12-26-42(41)47)46-29-15-13-27-43(46)44-30-16-23-37-31-34-48-50(49(37)44)59-54(55-48)38-21-8-3-9-22-38/h1-34H. The van der Waals surface area contributed by atoms with Gasteiger partial charge in [-0.1, -0.05) is 182 Å². The lowest BCUT2D eigenvalue weighted by molar-refractivity contribution is 0.623. The topological polar surface area (TPSA) is 64.7 Å². The molecule has 5 nitrogen and oxygen atoms in total. The van der Waals surface area contributed by atoms with Gasteiger partial charge in [0.15, 0.2) is 23.1 Å². The van der Waals surface area contributed by atoms with Crippen molar-refractivity contribution < 1.29 is 4.42 Å². The second kappa shape index (κ2) is 14.5. The Kier molecular flexibility index (Phi) is 8.41. The molecule has 0 saturated carbocycles. The normalized spacial score (nSPS) is 11.4. The first-order valence-electron chi connectivity index (χ1n) is 19.7. The van der Waals surface area contributed by atoms with Crippen LogP contribution in [0.1, 0.15) is 0 Å². The maximum absolute atomic E-state index is 6.61. The van der Waals surface area contributed by atoms with Gasteiger partial charge in [-0.25, -0.2) is 19.9 Å². The van der Waals surface area contributed by atoms with E-state index in [1.807, 2.05) is 60.7 Å². The van der Waals surface area contributed by atoms with Crippen LogP contribution < -0.4 is 0 Å². The molecule has 0 saturated heterocycles. The molecule has 0 fully saturated rings. The Labute approximate surface area is 341 Å². The highest BCUT2D eigenvalue weighted by atomic mass is 16.3. The summed E-state index contributed by atoms with van der Waals surface area (Å²) in [5.74, 6) is 2.36. The van der Waals surface area contributed by atoms with Gasteiger partial charge in [0, 0.05) is 27.6 Å². The molecule has 0 spiro atoms. The first kappa shape index (κ1) is 34.2. The van der Waals surface area contributed by atoms with Gasteiger partial charge >= 0.3 is 0 Å². The third-order valence-corrected chi connectivity index (χ3v) is 11.0. The molecule has 276 valence electrons. The zero-order chi connectivity index (χ0) is 39.1. The third-order valence-electron chi connectivity index (χ3n) is 11.0. The van der Waals surface area contributed by atoms with Crippen molar-refractivity contribution in [2.24, 2.45) is 0 Å². The average Bonchev–Trinajstić information content (AvgIpc) is 3.77. The van der Waals surface area contributed by atoms with Gasteiger partial charge in [0.25, 0.3) is 0 Å². The van der Waals surface area contributed by atoms with Gasteiger partial charge < -0.3 is 4.42 Å². The molecule has 0 aliphatic carbocycles. The summed E-state index contributed by atoms with van der Waals surface area (Å²) in [6.07, 6.45) is 0. The quantitative estimate of drug-likeness (QED) is 0.162. The summed E-state index contributed by atoms with van der Waals surface area (Å²) in [6, 6.07) is 71.0. The van der Waals surface area contributed by atoms with Crippen molar-refractivity contribution in [3.63, 3.8) is 0 Å². The SMILES string of the molecule is c1ccc(-c2nc3ccc4cccc(-c5ccccc5-c5nc(-c6ccccc6-c6ccccc6)nc(-c6ccc(-c7ccccc7)c7ccccc67)n5)c4c3o2)cc1. The average molecular weight is 755 g/mol. The predicted octanol–water partition coefficient (Wildman–Crippen LogP) is 14.0. The minimum Gasteiger partial charge on any atom is -0.435 e. The molecule has 0 N–H and O–H groups in total. The predicted molar refractivity (Wildman–Crippen MR) is 240 cm³/mol. The van der Waals surface area contributed by atoms with Crippen LogP contribution in [0, 0.1) is 0 Å². The number of benzene rings is 9. The monoisotopic (exact) mass is 754 g/mol. The summed E-state index contributed by atoms with van der Waals surface area (Å²) < 4.78 is 6.61. The second-order valence-electron chi connectivity index (χ2n) is 14.5. The number of rotatable bonds is 7. The highest BCUT2D eigenvalue weighted by Crippen LogP contribution is 2.42. The van der Waals surface area contributed by atoms with Crippen LogP contribution in [-0.2, 0) is 0 Å². The molecule has 0 aliphatic heterocycles. The minimum atomic E-state index is 0.575. The van der Waals surface area contributed by atoms with Crippen LogP contribution in [0.25, 0.3) is 112 Å². The van der Waals surface area contributed by atoms with Crippen LogP contribution in [0.4, 0.5) is 0 Å². The summed E-state index contributed by atoms with van der Waals surface area (Å²) in [7, 11) is 0. The van der Waals surface area contributed by atoms with Gasteiger partial charge in [0.2, 0.25) is 5.89 Å². The smallest absolute Gasteiger partial charge is 0.227 e. The van der Waals surface area contributed by atoms with Crippen LogP contribution in [0.3, 0.4) is 0 Å². The van der Waals surface area contributed by atoms with Gasteiger partial charge in [0.1, 0.15) is 5.52 Å². The van der Waals surface area contributed by atoms with Crippen LogP contribution in [0.5, 0.6) is 0 Å². The summed E-state index contributed by atoms with van der Waals surface area (Å²) in [6.45, 7) is 0. The molecule has 2 heterocycles.